The predicted octanol–water partition coefficient (Wildman–Crippen LogP) is 4.56. The maximum absolute atomic E-state index is 13.5. The van der Waals surface area contributed by atoms with E-state index in [-0.39, 0.29) is 11.6 Å². The van der Waals surface area contributed by atoms with Crippen molar-refractivity contribution >= 4 is 38.0 Å². The summed E-state index contributed by atoms with van der Waals surface area (Å²) in [5.41, 5.74) is 1.05. The van der Waals surface area contributed by atoms with Gasteiger partial charge in [-0.15, -0.1) is 0 Å². The van der Waals surface area contributed by atoms with Gasteiger partial charge in [-0.25, -0.2) is 8.42 Å². The number of benzene rings is 2. The van der Waals surface area contributed by atoms with Gasteiger partial charge in [-0.3, -0.25) is 14.9 Å². The largest absolute Gasteiger partial charge is 0.361 e. The average Bonchev–Trinajstić information content (AvgIpc) is 3.14. The number of nitro groups is 1. The Bertz CT molecular complexity index is 1250. The Labute approximate surface area is 180 Å². The van der Waals surface area contributed by atoms with Crippen molar-refractivity contribution in [1.82, 2.24) is 4.98 Å². The van der Waals surface area contributed by atoms with E-state index in [1.165, 1.54) is 6.07 Å². The van der Waals surface area contributed by atoms with E-state index in [1.807, 2.05) is 37.4 Å². The zero-order chi connectivity index (χ0) is 22.9. The molecule has 9 heteroatoms. The van der Waals surface area contributed by atoms with E-state index in [0.29, 0.717) is 11.6 Å². The summed E-state index contributed by atoms with van der Waals surface area (Å²) in [5.74, 6) is -0.102. The number of rotatable bonds is 7. The monoisotopic (exact) mass is 443 g/mol. The number of fused-ring (bicyclic) bond motifs is 1. The summed E-state index contributed by atoms with van der Waals surface area (Å²) in [6.45, 7) is 6.04. The van der Waals surface area contributed by atoms with Gasteiger partial charge in [-0.2, -0.15) is 0 Å². The third-order valence-corrected chi connectivity index (χ3v) is 6.23. The van der Waals surface area contributed by atoms with Crippen molar-refractivity contribution in [2.24, 2.45) is 5.92 Å². The zero-order valence-corrected chi connectivity index (χ0v) is 18.6. The Morgan fingerprint density at radius 3 is 2.45 bits per heavy atom. The molecule has 0 spiro atoms. The minimum Gasteiger partial charge on any atom is -0.361 e. The summed E-state index contributed by atoms with van der Waals surface area (Å²) in [4.78, 5) is 28.6. The van der Waals surface area contributed by atoms with Crippen LogP contribution in [0.1, 0.15) is 37.6 Å². The number of sulfone groups is 1. The number of amides is 1. The second-order valence-electron chi connectivity index (χ2n) is 8.11. The molecule has 1 aromatic heterocycles. The van der Waals surface area contributed by atoms with Gasteiger partial charge >= 0.3 is 0 Å². The highest BCUT2D eigenvalue weighted by molar-refractivity contribution is 7.90. The van der Waals surface area contributed by atoms with Crippen molar-refractivity contribution in [2.45, 2.75) is 38.1 Å². The van der Waals surface area contributed by atoms with Gasteiger partial charge in [0.2, 0.25) is 0 Å². The van der Waals surface area contributed by atoms with Crippen molar-refractivity contribution in [3.05, 3.63) is 64.3 Å². The molecule has 164 valence electrons. The van der Waals surface area contributed by atoms with Crippen LogP contribution in [0.4, 0.5) is 11.4 Å². The summed E-state index contributed by atoms with van der Waals surface area (Å²) in [6, 6.07) is 10.8. The lowest BCUT2D eigenvalue weighted by molar-refractivity contribution is -0.387. The van der Waals surface area contributed by atoms with Crippen LogP contribution >= 0.6 is 0 Å². The molecule has 1 atom stereocenters. The Hall–Kier alpha value is -3.20. The Morgan fingerprint density at radius 1 is 1.13 bits per heavy atom. The lowest BCUT2D eigenvalue weighted by Crippen LogP contribution is -2.39. The number of carbonyl (C=O) groups excluding carboxylic acids is 1. The minimum atomic E-state index is -3.81. The molecule has 1 N–H and O–H groups in total. The van der Waals surface area contributed by atoms with E-state index in [4.69, 9.17) is 0 Å². The number of nitro benzene ring substituents is 1. The van der Waals surface area contributed by atoms with Crippen LogP contribution in [0.2, 0.25) is 0 Å². The lowest BCUT2D eigenvalue weighted by atomic mass is 10.0. The van der Waals surface area contributed by atoms with Crippen molar-refractivity contribution in [1.29, 1.82) is 0 Å². The highest BCUT2D eigenvalue weighted by atomic mass is 32.2. The van der Waals surface area contributed by atoms with E-state index >= 15 is 0 Å². The summed E-state index contributed by atoms with van der Waals surface area (Å²) >= 11 is 0. The molecule has 1 heterocycles. The summed E-state index contributed by atoms with van der Waals surface area (Å²) in [6.07, 6.45) is 3.44. The lowest BCUT2D eigenvalue weighted by Gasteiger charge is -2.31. The zero-order valence-electron chi connectivity index (χ0n) is 17.8. The third kappa shape index (κ3) is 4.77. The number of nitrogens with one attached hydrogen (secondary N) is 1. The van der Waals surface area contributed by atoms with Crippen LogP contribution in [-0.4, -0.2) is 36.5 Å². The van der Waals surface area contributed by atoms with Gasteiger partial charge in [0.1, 0.15) is 4.90 Å². The van der Waals surface area contributed by atoms with Crippen LogP contribution in [0.15, 0.2) is 53.6 Å². The van der Waals surface area contributed by atoms with Crippen molar-refractivity contribution in [3.63, 3.8) is 0 Å². The van der Waals surface area contributed by atoms with Gasteiger partial charge in [0.05, 0.1) is 4.92 Å². The average molecular weight is 444 g/mol. The van der Waals surface area contributed by atoms with E-state index in [0.717, 1.165) is 35.7 Å². The first-order chi connectivity index (χ1) is 14.5. The van der Waals surface area contributed by atoms with Gasteiger partial charge in [-0.1, -0.05) is 13.8 Å². The molecular weight excluding hydrogens is 418 g/mol. The molecule has 0 aliphatic heterocycles. The molecule has 3 aromatic rings. The third-order valence-electron chi connectivity index (χ3n) is 5.09. The molecule has 1 unspecified atom stereocenters. The van der Waals surface area contributed by atoms with Crippen LogP contribution in [0.25, 0.3) is 10.9 Å². The smallest absolute Gasteiger partial charge is 0.288 e. The molecule has 0 aliphatic rings. The van der Waals surface area contributed by atoms with E-state index in [9.17, 15) is 23.3 Å². The van der Waals surface area contributed by atoms with Crippen LogP contribution in [0.3, 0.4) is 0 Å². The van der Waals surface area contributed by atoms with Crippen LogP contribution < -0.4 is 4.90 Å². The molecule has 1 amide bonds. The molecule has 0 bridgehead atoms. The number of nitrogens with zero attached hydrogens (tertiary/aromatic N) is 2. The molecule has 0 saturated heterocycles. The van der Waals surface area contributed by atoms with Gasteiger partial charge in [0, 0.05) is 46.7 Å². The SMILES string of the molecule is CC(C)CC(C)N(C(=O)c1ccc(S(C)(=O)=O)c([N+](=O)[O-])c1)c1ccc2[nH]ccc2c1. The highest BCUT2D eigenvalue weighted by Crippen LogP contribution is 2.30. The molecular formula is C22H25N3O5S. The number of aromatic nitrogens is 1. The normalized spacial score (nSPS) is 12.8. The highest BCUT2D eigenvalue weighted by Gasteiger charge is 2.28. The number of hydrogen-bond donors (Lipinski definition) is 1. The maximum atomic E-state index is 13.5. The number of hydrogen-bond acceptors (Lipinski definition) is 5. The Balaban J connectivity index is 2.11. The molecule has 0 aliphatic carbocycles. The molecule has 8 nitrogen and oxygen atoms in total. The van der Waals surface area contributed by atoms with Gasteiger partial charge in [0.15, 0.2) is 9.84 Å². The summed E-state index contributed by atoms with van der Waals surface area (Å²) < 4.78 is 23.8. The molecule has 3 rings (SSSR count). The number of H-pyrrole nitrogens is 1. The molecule has 31 heavy (non-hydrogen) atoms. The molecule has 0 radical (unpaired) electrons. The topological polar surface area (TPSA) is 113 Å². The van der Waals surface area contributed by atoms with Crippen LogP contribution in [0, 0.1) is 16.0 Å². The van der Waals surface area contributed by atoms with Crippen molar-refractivity contribution in [3.8, 4) is 0 Å². The first kappa shape index (κ1) is 22.5. The first-order valence-electron chi connectivity index (χ1n) is 9.88. The second-order valence-corrected chi connectivity index (χ2v) is 10.1. The summed E-state index contributed by atoms with van der Waals surface area (Å²) in [5, 5.41) is 12.4. The molecule has 0 fully saturated rings. The maximum Gasteiger partial charge on any atom is 0.288 e. The molecule has 0 saturated carbocycles. The number of anilines is 1. The van der Waals surface area contributed by atoms with Crippen molar-refractivity contribution in [2.75, 3.05) is 11.2 Å². The standard InChI is InChI=1S/C22H25N3O5S/c1-14(2)11-15(3)24(18-6-7-19-16(12-18)9-10-23-19)22(26)17-5-8-21(31(4,29)30)20(13-17)25(27)28/h5-10,12-15,23H,11H2,1-4H3. The second kappa shape index (κ2) is 8.50. The van der Waals surface area contributed by atoms with Gasteiger partial charge < -0.3 is 9.88 Å². The number of carbonyl (C=O) groups is 1. The molecule has 2 aromatic carbocycles. The van der Waals surface area contributed by atoms with E-state index in [2.05, 4.69) is 18.8 Å². The Kier molecular flexibility index (Phi) is 6.17. The predicted molar refractivity (Wildman–Crippen MR) is 120 cm³/mol. The van der Waals surface area contributed by atoms with E-state index < -0.39 is 31.3 Å². The van der Waals surface area contributed by atoms with E-state index in [1.54, 1.807) is 4.90 Å². The van der Waals surface area contributed by atoms with Crippen LogP contribution in [0.5, 0.6) is 0 Å². The first-order valence-corrected chi connectivity index (χ1v) is 11.8. The number of aromatic amines is 1. The summed E-state index contributed by atoms with van der Waals surface area (Å²) in [7, 11) is -3.81. The fourth-order valence-corrected chi connectivity index (χ4v) is 4.62. The van der Waals surface area contributed by atoms with Crippen LogP contribution in [-0.2, 0) is 9.84 Å². The van der Waals surface area contributed by atoms with Gasteiger partial charge in [0.25, 0.3) is 11.6 Å². The fraction of sp³-hybridized carbons (Fsp3) is 0.318. The van der Waals surface area contributed by atoms with Crippen molar-refractivity contribution < 1.29 is 18.1 Å². The fourth-order valence-electron chi connectivity index (χ4n) is 3.80. The minimum absolute atomic E-state index is 0.0591. The Morgan fingerprint density at radius 2 is 1.84 bits per heavy atom. The van der Waals surface area contributed by atoms with Gasteiger partial charge in [-0.05, 0) is 55.7 Å². The quantitative estimate of drug-likeness (QED) is 0.425.